The normalized spacial score (nSPS) is 36.9. The fraction of sp³-hybridized carbons (Fsp3) is 0.609. The number of Topliss-reactive ketones (excluding diaryl/α,β-unsaturated/α-hetero) is 1. The summed E-state index contributed by atoms with van der Waals surface area (Å²) in [5, 5.41) is 34.1. The Hall–Kier alpha value is -2.65. The maximum atomic E-state index is 13.5. The molecule has 9 heteroatoms. The number of rotatable bonds is 5. The van der Waals surface area contributed by atoms with Crippen LogP contribution in [-0.4, -0.2) is 75.3 Å². The molecular weight excluding hydrogens is 416 g/mol. The minimum Gasteiger partial charge on any atom is -0.504 e. The summed E-state index contributed by atoms with van der Waals surface area (Å²) in [4.78, 5) is 39.6. The van der Waals surface area contributed by atoms with Crippen LogP contribution in [0.4, 0.5) is 0 Å². The second-order valence-electron chi connectivity index (χ2n) is 10.0. The second-order valence-corrected chi connectivity index (χ2v) is 10.0. The van der Waals surface area contributed by atoms with Gasteiger partial charge in [-0.05, 0) is 56.2 Å². The van der Waals surface area contributed by atoms with Crippen LogP contribution in [0.5, 0.6) is 11.5 Å². The first kappa shape index (κ1) is 20.0. The van der Waals surface area contributed by atoms with E-state index in [-0.39, 0.29) is 24.0 Å². The number of piperidine rings is 1. The van der Waals surface area contributed by atoms with Gasteiger partial charge in [0.05, 0.1) is 11.0 Å². The quantitative estimate of drug-likeness (QED) is 0.466. The SMILES string of the molecule is O=C(O)CNC(=O)C1C[C@@]2(O)[C@H]3Cc4ccc(O)c5c4[C@@]2(CCN3CC2CC2)[C@@H](O5)C1=O. The third-order valence-corrected chi connectivity index (χ3v) is 8.36. The smallest absolute Gasteiger partial charge is 0.322 e. The van der Waals surface area contributed by atoms with Gasteiger partial charge in [0.1, 0.15) is 12.5 Å². The average molecular weight is 442 g/mol. The number of benzene rings is 1. The number of ether oxygens (including phenoxy) is 1. The zero-order valence-electron chi connectivity index (χ0n) is 17.5. The number of carbonyl (C=O) groups excluding carboxylic acids is 2. The van der Waals surface area contributed by atoms with Gasteiger partial charge in [-0.2, -0.15) is 0 Å². The van der Waals surface area contributed by atoms with Crippen LogP contribution in [0.15, 0.2) is 12.1 Å². The molecule has 9 nitrogen and oxygen atoms in total. The van der Waals surface area contributed by atoms with E-state index < -0.39 is 47.2 Å². The Bertz CT molecular complexity index is 1050. The zero-order chi connectivity index (χ0) is 22.4. The van der Waals surface area contributed by atoms with Gasteiger partial charge in [-0.3, -0.25) is 19.3 Å². The fourth-order valence-electron chi connectivity index (χ4n) is 6.81. The molecule has 2 bridgehead atoms. The molecule has 4 N–H and O–H groups in total. The van der Waals surface area contributed by atoms with Crippen molar-refractivity contribution in [2.45, 2.75) is 55.3 Å². The molecule has 1 aromatic rings. The van der Waals surface area contributed by atoms with Crippen molar-refractivity contribution < 1.29 is 34.4 Å². The van der Waals surface area contributed by atoms with E-state index in [1.165, 1.54) is 12.8 Å². The molecule has 5 aliphatic rings. The van der Waals surface area contributed by atoms with Crippen LogP contribution in [0.3, 0.4) is 0 Å². The number of phenols is 1. The molecule has 2 aliphatic heterocycles. The topological polar surface area (TPSA) is 136 Å². The van der Waals surface area contributed by atoms with Crippen molar-refractivity contribution in [1.82, 2.24) is 10.2 Å². The van der Waals surface area contributed by atoms with Gasteiger partial charge in [-0.1, -0.05) is 6.07 Å². The highest BCUT2D eigenvalue weighted by molar-refractivity contribution is 6.06. The number of carboxylic acid groups (broad SMARTS) is 1. The van der Waals surface area contributed by atoms with Crippen molar-refractivity contribution in [2.24, 2.45) is 11.8 Å². The van der Waals surface area contributed by atoms with Crippen molar-refractivity contribution in [1.29, 1.82) is 0 Å². The number of carboxylic acids is 1. The summed E-state index contributed by atoms with van der Waals surface area (Å²) in [5.74, 6) is -2.81. The van der Waals surface area contributed by atoms with Crippen LogP contribution in [0.2, 0.25) is 0 Å². The largest absolute Gasteiger partial charge is 0.504 e. The second kappa shape index (κ2) is 6.45. The average Bonchev–Trinajstić information content (AvgIpc) is 3.49. The maximum Gasteiger partial charge on any atom is 0.322 e. The first-order chi connectivity index (χ1) is 15.3. The number of nitrogens with zero attached hydrogens (tertiary/aromatic N) is 1. The van der Waals surface area contributed by atoms with E-state index in [0.717, 1.165) is 12.1 Å². The number of carbonyl (C=O) groups is 3. The van der Waals surface area contributed by atoms with Crippen molar-refractivity contribution in [3.05, 3.63) is 23.3 Å². The molecule has 170 valence electrons. The van der Waals surface area contributed by atoms with Crippen LogP contribution >= 0.6 is 0 Å². The summed E-state index contributed by atoms with van der Waals surface area (Å²) >= 11 is 0. The first-order valence-electron chi connectivity index (χ1n) is 11.3. The Morgan fingerprint density at radius 2 is 2.06 bits per heavy atom. The summed E-state index contributed by atoms with van der Waals surface area (Å²) in [6.07, 6.45) is 2.21. The standard InChI is InChI=1S/C23H26N2O7/c26-14-4-3-12-7-15-23(31)8-13(21(30)24-9-16(27)28)18(29)20-22(23,17(12)19(14)32-20)5-6-25(15)10-11-1-2-11/h3-4,11,13,15,20,26,31H,1-2,5-10H2,(H,24,30)(H,27,28)/t13?,15-,20+,22+,23-/m1/s1. The molecule has 0 radical (unpaired) electrons. The molecule has 32 heavy (non-hydrogen) atoms. The Kier molecular flexibility index (Phi) is 4.03. The molecule has 1 saturated heterocycles. The first-order valence-corrected chi connectivity index (χ1v) is 11.3. The van der Waals surface area contributed by atoms with Crippen molar-refractivity contribution >= 4 is 17.7 Å². The van der Waals surface area contributed by atoms with Crippen LogP contribution in [0, 0.1) is 11.8 Å². The minimum atomic E-state index is -1.41. The molecule has 1 unspecified atom stereocenters. The van der Waals surface area contributed by atoms with Crippen LogP contribution < -0.4 is 10.1 Å². The van der Waals surface area contributed by atoms with Crippen LogP contribution in [0.25, 0.3) is 0 Å². The van der Waals surface area contributed by atoms with Gasteiger partial charge >= 0.3 is 5.97 Å². The van der Waals surface area contributed by atoms with E-state index in [0.29, 0.717) is 30.9 Å². The number of amides is 1. The Morgan fingerprint density at radius 1 is 1.28 bits per heavy atom. The lowest BCUT2D eigenvalue weighted by molar-refractivity contribution is -0.198. The molecule has 6 rings (SSSR count). The zero-order valence-corrected chi connectivity index (χ0v) is 17.5. The number of hydrogen-bond donors (Lipinski definition) is 4. The lowest BCUT2D eigenvalue weighted by Crippen LogP contribution is -2.78. The lowest BCUT2D eigenvalue weighted by Gasteiger charge is -2.63. The van der Waals surface area contributed by atoms with Gasteiger partial charge in [0.15, 0.2) is 23.4 Å². The molecule has 1 spiro atoms. The number of nitrogens with one attached hydrogen (secondary N) is 1. The van der Waals surface area contributed by atoms with Gasteiger partial charge in [0, 0.05) is 18.2 Å². The highest BCUT2D eigenvalue weighted by Gasteiger charge is 2.75. The summed E-state index contributed by atoms with van der Waals surface area (Å²) in [6.45, 7) is 0.986. The van der Waals surface area contributed by atoms with E-state index in [9.17, 15) is 24.6 Å². The third kappa shape index (κ3) is 2.43. The van der Waals surface area contributed by atoms with E-state index in [4.69, 9.17) is 9.84 Å². The fourth-order valence-corrected chi connectivity index (χ4v) is 6.81. The highest BCUT2D eigenvalue weighted by Crippen LogP contribution is 2.65. The number of aliphatic hydroxyl groups is 1. The number of likely N-dealkylation sites (tertiary alicyclic amines) is 1. The Balaban J connectivity index is 1.47. The van der Waals surface area contributed by atoms with Gasteiger partial charge in [0.25, 0.3) is 0 Å². The van der Waals surface area contributed by atoms with Gasteiger partial charge in [0.2, 0.25) is 5.91 Å². The predicted octanol–water partition coefficient (Wildman–Crippen LogP) is -0.0477. The van der Waals surface area contributed by atoms with Crippen molar-refractivity contribution in [3.8, 4) is 11.5 Å². The van der Waals surface area contributed by atoms with Crippen LogP contribution in [0.1, 0.15) is 36.8 Å². The van der Waals surface area contributed by atoms with E-state index in [1.54, 1.807) is 6.07 Å². The van der Waals surface area contributed by atoms with Crippen LogP contribution in [-0.2, 0) is 26.2 Å². The molecule has 0 aromatic heterocycles. The summed E-state index contributed by atoms with van der Waals surface area (Å²) in [5.41, 5.74) is -0.738. The summed E-state index contributed by atoms with van der Waals surface area (Å²) in [7, 11) is 0. The van der Waals surface area contributed by atoms with Crippen molar-refractivity contribution in [3.63, 3.8) is 0 Å². The van der Waals surface area contributed by atoms with E-state index >= 15 is 0 Å². The molecule has 1 aromatic carbocycles. The van der Waals surface area contributed by atoms with Gasteiger partial charge < -0.3 is 25.4 Å². The predicted molar refractivity (Wildman–Crippen MR) is 109 cm³/mol. The van der Waals surface area contributed by atoms with Gasteiger partial charge in [-0.25, -0.2) is 0 Å². The number of aliphatic carboxylic acids is 1. The van der Waals surface area contributed by atoms with Crippen molar-refractivity contribution in [2.75, 3.05) is 19.6 Å². The number of aromatic hydroxyl groups is 1. The molecule has 3 aliphatic carbocycles. The Morgan fingerprint density at radius 3 is 2.78 bits per heavy atom. The Labute approximate surface area is 184 Å². The highest BCUT2D eigenvalue weighted by atomic mass is 16.5. The number of phenolic OH excluding ortho intramolecular Hbond substituents is 1. The summed E-state index contributed by atoms with van der Waals surface area (Å²) < 4.78 is 6.05. The third-order valence-electron chi connectivity index (χ3n) is 8.36. The number of hydrogen-bond acceptors (Lipinski definition) is 7. The van der Waals surface area contributed by atoms with Gasteiger partial charge in [-0.15, -0.1) is 0 Å². The molecule has 3 fully saturated rings. The molecule has 2 saturated carbocycles. The monoisotopic (exact) mass is 442 g/mol. The van der Waals surface area contributed by atoms with E-state index in [2.05, 4.69) is 10.2 Å². The van der Waals surface area contributed by atoms with E-state index in [1.807, 2.05) is 6.07 Å². The maximum absolute atomic E-state index is 13.5. The minimum absolute atomic E-state index is 0.0755. The number of ketones is 1. The lowest BCUT2D eigenvalue weighted by atomic mass is 9.47. The molecular formula is C23H26N2O7. The molecule has 2 heterocycles. The summed E-state index contributed by atoms with van der Waals surface area (Å²) in [6, 6.07) is 3.13. The molecule has 1 amide bonds. The molecule has 5 atom stereocenters.